The number of ether oxygens (including phenoxy) is 1. The van der Waals surface area contributed by atoms with E-state index in [-0.39, 0.29) is 18.3 Å². The highest BCUT2D eigenvalue weighted by Gasteiger charge is 2.33. The molecule has 0 aromatic heterocycles. The first-order valence-corrected chi connectivity index (χ1v) is 8.48. The molecule has 0 radical (unpaired) electrons. The number of anilines is 1. The fraction of sp³-hybridized carbons (Fsp3) is 0.444. The molecule has 8 nitrogen and oxygen atoms in total. The molecule has 0 bridgehead atoms. The van der Waals surface area contributed by atoms with E-state index in [1.807, 2.05) is 6.07 Å². The van der Waals surface area contributed by atoms with Gasteiger partial charge in [0.1, 0.15) is 6.04 Å². The molecule has 0 spiro atoms. The predicted octanol–water partition coefficient (Wildman–Crippen LogP) is 1.30. The molecule has 3 amide bonds. The summed E-state index contributed by atoms with van der Waals surface area (Å²) in [6, 6.07) is 7.21. The topological polar surface area (TPSA) is 112 Å². The van der Waals surface area contributed by atoms with Crippen molar-refractivity contribution < 1.29 is 19.1 Å². The average Bonchev–Trinajstić information content (AvgIpc) is 2.95. The van der Waals surface area contributed by atoms with Crippen molar-refractivity contribution in [3.63, 3.8) is 0 Å². The third-order valence-electron chi connectivity index (χ3n) is 3.97. The van der Waals surface area contributed by atoms with Crippen LogP contribution < -0.4 is 15.5 Å². The van der Waals surface area contributed by atoms with Gasteiger partial charge in [0.15, 0.2) is 0 Å². The maximum atomic E-state index is 12.5. The van der Waals surface area contributed by atoms with Crippen molar-refractivity contribution in [2.75, 3.05) is 18.1 Å². The molecule has 1 aromatic carbocycles. The molecule has 1 saturated heterocycles. The van der Waals surface area contributed by atoms with Crippen molar-refractivity contribution in [1.82, 2.24) is 10.6 Å². The van der Waals surface area contributed by atoms with Gasteiger partial charge in [-0.25, -0.2) is 4.79 Å². The van der Waals surface area contributed by atoms with E-state index in [1.54, 1.807) is 43.0 Å². The summed E-state index contributed by atoms with van der Waals surface area (Å²) >= 11 is 0. The van der Waals surface area contributed by atoms with E-state index in [2.05, 4.69) is 10.6 Å². The van der Waals surface area contributed by atoms with Crippen molar-refractivity contribution in [2.24, 2.45) is 0 Å². The van der Waals surface area contributed by atoms with Gasteiger partial charge in [-0.1, -0.05) is 0 Å². The van der Waals surface area contributed by atoms with Crippen molar-refractivity contribution in [3.8, 4) is 6.07 Å². The number of nitrogens with one attached hydrogen (secondary N) is 2. The molecular weight excluding hydrogens is 336 g/mol. The largest absolute Gasteiger partial charge is 0.466 e. The lowest BCUT2D eigenvalue weighted by Crippen LogP contribution is -2.48. The van der Waals surface area contributed by atoms with Crippen molar-refractivity contribution in [1.29, 1.82) is 5.26 Å². The van der Waals surface area contributed by atoms with E-state index in [0.717, 1.165) is 0 Å². The number of carbonyl (C=O) groups excluding carboxylic acids is 3. The molecule has 0 aliphatic carbocycles. The summed E-state index contributed by atoms with van der Waals surface area (Å²) in [6.07, 6.45) is 0.551. The molecule has 8 heteroatoms. The minimum absolute atomic E-state index is 0.0667. The van der Waals surface area contributed by atoms with Crippen LogP contribution in [0.2, 0.25) is 0 Å². The smallest absolute Gasteiger partial charge is 0.315 e. The fourth-order valence-electron chi connectivity index (χ4n) is 2.73. The van der Waals surface area contributed by atoms with Crippen LogP contribution in [0.15, 0.2) is 24.3 Å². The van der Waals surface area contributed by atoms with Crippen LogP contribution in [0, 0.1) is 11.3 Å². The molecule has 26 heavy (non-hydrogen) atoms. The van der Waals surface area contributed by atoms with Crippen LogP contribution in [0.25, 0.3) is 0 Å². The van der Waals surface area contributed by atoms with Gasteiger partial charge in [0.05, 0.1) is 24.7 Å². The highest BCUT2D eigenvalue weighted by molar-refractivity contribution is 6.01. The van der Waals surface area contributed by atoms with Crippen molar-refractivity contribution in [2.45, 2.75) is 38.8 Å². The molecule has 2 atom stereocenters. The molecule has 1 aromatic rings. The van der Waals surface area contributed by atoms with Gasteiger partial charge in [0, 0.05) is 18.3 Å². The van der Waals surface area contributed by atoms with Crippen LogP contribution in [0.4, 0.5) is 10.5 Å². The number of urea groups is 1. The zero-order valence-electron chi connectivity index (χ0n) is 14.8. The van der Waals surface area contributed by atoms with Crippen molar-refractivity contribution >= 4 is 23.6 Å². The lowest BCUT2D eigenvalue weighted by molar-refractivity contribution is -0.143. The molecule has 1 aliphatic heterocycles. The van der Waals surface area contributed by atoms with Gasteiger partial charge in [0.25, 0.3) is 0 Å². The summed E-state index contributed by atoms with van der Waals surface area (Å²) in [5.74, 6) is -0.591. The summed E-state index contributed by atoms with van der Waals surface area (Å²) in [5.41, 5.74) is 1.21. The SMILES string of the molecule is CCOC(=O)C[C@@H](C)NC(=O)NC1CCN(c2ccc(C#N)cc2)C1=O. The van der Waals surface area contributed by atoms with E-state index in [9.17, 15) is 14.4 Å². The van der Waals surface area contributed by atoms with Gasteiger partial charge in [-0.2, -0.15) is 5.26 Å². The minimum atomic E-state index is -0.625. The monoisotopic (exact) mass is 358 g/mol. The quantitative estimate of drug-likeness (QED) is 0.745. The Morgan fingerprint density at radius 2 is 2.08 bits per heavy atom. The summed E-state index contributed by atoms with van der Waals surface area (Å²) in [7, 11) is 0. The zero-order chi connectivity index (χ0) is 19.1. The molecule has 0 saturated carbocycles. The first-order chi connectivity index (χ1) is 12.4. The molecule has 1 aliphatic rings. The van der Waals surface area contributed by atoms with Crippen LogP contribution >= 0.6 is 0 Å². The summed E-state index contributed by atoms with van der Waals surface area (Å²) in [4.78, 5) is 37.5. The Morgan fingerprint density at radius 1 is 1.38 bits per heavy atom. The molecule has 1 unspecified atom stereocenters. The van der Waals surface area contributed by atoms with Crippen LogP contribution in [-0.2, 0) is 14.3 Å². The number of nitrogens with zero attached hydrogens (tertiary/aromatic N) is 2. The van der Waals surface area contributed by atoms with Crippen molar-refractivity contribution in [3.05, 3.63) is 29.8 Å². The number of rotatable bonds is 6. The summed E-state index contributed by atoms with van der Waals surface area (Å²) < 4.78 is 4.83. The minimum Gasteiger partial charge on any atom is -0.466 e. The molecule has 2 N–H and O–H groups in total. The van der Waals surface area contributed by atoms with E-state index < -0.39 is 18.1 Å². The number of carbonyl (C=O) groups is 3. The van der Waals surface area contributed by atoms with Gasteiger partial charge in [-0.05, 0) is 44.5 Å². The molecule has 1 fully saturated rings. The Morgan fingerprint density at radius 3 is 2.69 bits per heavy atom. The molecule has 138 valence electrons. The van der Waals surface area contributed by atoms with Crippen LogP contribution in [0.3, 0.4) is 0 Å². The third-order valence-corrected chi connectivity index (χ3v) is 3.97. The number of esters is 1. The number of hydrogen-bond acceptors (Lipinski definition) is 5. The first kappa shape index (κ1) is 19.2. The average molecular weight is 358 g/mol. The fourth-order valence-corrected chi connectivity index (χ4v) is 2.73. The Kier molecular flexibility index (Phi) is 6.55. The van der Waals surface area contributed by atoms with Crippen LogP contribution in [0.5, 0.6) is 0 Å². The molecule has 1 heterocycles. The second-order valence-electron chi connectivity index (χ2n) is 6.02. The Balaban J connectivity index is 1.86. The first-order valence-electron chi connectivity index (χ1n) is 8.48. The Hall–Kier alpha value is -3.08. The van der Waals surface area contributed by atoms with Gasteiger partial charge in [-0.15, -0.1) is 0 Å². The number of amides is 3. The second-order valence-corrected chi connectivity index (χ2v) is 6.02. The van der Waals surface area contributed by atoms with Gasteiger partial charge in [-0.3, -0.25) is 9.59 Å². The second kappa shape index (κ2) is 8.85. The predicted molar refractivity (Wildman–Crippen MR) is 94.3 cm³/mol. The molecular formula is C18H22N4O4. The van der Waals surface area contributed by atoms with Gasteiger partial charge in [0.2, 0.25) is 5.91 Å². The van der Waals surface area contributed by atoms with Crippen LogP contribution in [0.1, 0.15) is 32.3 Å². The van der Waals surface area contributed by atoms with Crippen LogP contribution in [-0.4, -0.2) is 43.1 Å². The highest BCUT2D eigenvalue weighted by atomic mass is 16.5. The Bertz CT molecular complexity index is 711. The lowest BCUT2D eigenvalue weighted by Gasteiger charge is -2.18. The standard InChI is InChI=1S/C18H22N4O4/c1-3-26-16(23)10-12(2)20-18(25)21-15-8-9-22(17(15)24)14-6-4-13(11-19)5-7-14/h4-7,12,15H,3,8-10H2,1-2H3,(H2,20,21,25)/t12-,15?/m1/s1. The third kappa shape index (κ3) is 4.96. The van der Waals surface area contributed by atoms with E-state index in [0.29, 0.717) is 30.8 Å². The highest BCUT2D eigenvalue weighted by Crippen LogP contribution is 2.22. The van der Waals surface area contributed by atoms with E-state index in [4.69, 9.17) is 10.00 Å². The maximum absolute atomic E-state index is 12.5. The van der Waals surface area contributed by atoms with E-state index >= 15 is 0 Å². The Labute approximate surface area is 152 Å². The van der Waals surface area contributed by atoms with Gasteiger partial charge >= 0.3 is 12.0 Å². The van der Waals surface area contributed by atoms with E-state index in [1.165, 1.54) is 0 Å². The molecule has 2 rings (SSSR count). The van der Waals surface area contributed by atoms with Gasteiger partial charge < -0.3 is 20.3 Å². The lowest BCUT2D eigenvalue weighted by atomic mass is 10.2. The number of benzene rings is 1. The number of hydrogen-bond donors (Lipinski definition) is 2. The summed E-state index contributed by atoms with van der Waals surface area (Å²) in [6.45, 7) is 4.18. The summed E-state index contributed by atoms with van der Waals surface area (Å²) in [5, 5.41) is 14.1. The zero-order valence-corrected chi connectivity index (χ0v) is 14.8. The number of nitriles is 1. The maximum Gasteiger partial charge on any atom is 0.315 e. The normalized spacial score (nSPS) is 17.3.